The van der Waals surface area contributed by atoms with Crippen LogP contribution in [0.3, 0.4) is 0 Å². The lowest BCUT2D eigenvalue weighted by Crippen LogP contribution is -2.08. The van der Waals surface area contributed by atoms with E-state index in [1.165, 1.54) is 18.4 Å². The van der Waals surface area contributed by atoms with Crippen molar-refractivity contribution in [2.75, 3.05) is 18.9 Å². The second-order valence-electron chi connectivity index (χ2n) is 5.13. The lowest BCUT2D eigenvalue weighted by molar-refractivity contribution is 0.0981. The third kappa shape index (κ3) is 3.39. The largest absolute Gasteiger partial charge is 0.491 e. The van der Waals surface area contributed by atoms with Gasteiger partial charge in [0.05, 0.1) is 18.4 Å². The first-order valence-electron chi connectivity index (χ1n) is 6.78. The van der Waals surface area contributed by atoms with Crippen LogP contribution in [0.25, 0.3) is 0 Å². The summed E-state index contributed by atoms with van der Waals surface area (Å²) in [6.45, 7) is 5.73. The number of nitrogen functional groups attached to an aromatic ring is 1. The average Bonchev–Trinajstić information content (AvgIpc) is 2.79. The molecule has 1 aromatic carbocycles. The van der Waals surface area contributed by atoms with Gasteiger partial charge in [-0.3, -0.25) is 0 Å². The molecular formula is C15H23NO2. The number of ether oxygens (including phenoxy) is 2. The number of anilines is 1. The predicted molar refractivity (Wildman–Crippen MR) is 74.0 cm³/mol. The van der Waals surface area contributed by atoms with E-state index in [4.69, 9.17) is 15.2 Å². The van der Waals surface area contributed by atoms with E-state index in [-0.39, 0.29) is 0 Å². The van der Waals surface area contributed by atoms with Crippen LogP contribution in [-0.2, 0) is 4.74 Å². The lowest BCUT2D eigenvalue weighted by Gasteiger charge is -2.14. The summed E-state index contributed by atoms with van der Waals surface area (Å²) in [5.74, 6) is 0.841. The Hall–Kier alpha value is -1.22. The second kappa shape index (κ2) is 6.10. The van der Waals surface area contributed by atoms with Gasteiger partial charge in [0.2, 0.25) is 0 Å². The molecule has 0 aliphatic carbocycles. The van der Waals surface area contributed by atoms with Crippen LogP contribution in [0.15, 0.2) is 12.1 Å². The minimum atomic E-state index is 0.449. The number of benzene rings is 1. The first-order valence-corrected chi connectivity index (χ1v) is 6.78. The van der Waals surface area contributed by atoms with E-state index in [9.17, 15) is 0 Å². The van der Waals surface area contributed by atoms with Gasteiger partial charge in [0.25, 0.3) is 0 Å². The molecule has 1 aliphatic rings. The summed E-state index contributed by atoms with van der Waals surface area (Å²) in [6, 6.07) is 4.06. The van der Waals surface area contributed by atoms with Crippen LogP contribution in [0, 0.1) is 13.8 Å². The molecular weight excluding hydrogens is 226 g/mol. The van der Waals surface area contributed by atoms with Crippen molar-refractivity contribution in [1.82, 2.24) is 0 Å². The molecule has 0 saturated carbocycles. The van der Waals surface area contributed by atoms with E-state index in [0.717, 1.165) is 36.4 Å². The van der Waals surface area contributed by atoms with Gasteiger partial charge < -0.3 is 15.2 Å². The maximum atomic E-state index is 5.98. The summed E-state index contributed by atoms with van der Waals surface area (Å²) in [7, 11) is 0. The molecule has 1 unspecified atom stereocenters. The van der Waals surface area contributed by atoms with Gasteiger partial charge in [-0.1, -0.05) is 6.07 Å². The highest BCUT2D eigenvalue weighted by Crippen LogP contribution is 2.27. The second-order valence-corrected chi connectivity index (χ2v) is 5.13. The quantitative estimate of drug-likeness (QED) is 0.643. The third-order valence-electron chi connectivity index (χ3n) is 3.39. The Labute approximate surface area is 109 Å². The van der Waals surface area contributed by atoms with E-state index >= 15 is 0 Å². The van der Waals surface area contributed by atoms with Crippen molar-refractivity contribution in [2.45, 2.75) is 45.6 Å². The fourth-order valence-corrected chi connectivity index (χ4v) is 2.54. The molecule has 1 saturated heterocycles. The van der Waals surface area contributed by atoms with Crippen molar-refractivity contribution >= 4 is 5.69 Å². The molecule has 0 spiro atoms. The van der Waals surface area contributed by atoms with Crippen LogP contribution in [0.1, 0.15) is 36.8 Å². The van der Waals surface area contributed by atoms with Crippen molar-refractivity contribution in [1.29, 1.82) is 0 Å². The Morgan fingerprint density at radius 3 is 2.89 bits per heavy atom. The SMILES string of the molecule is Cc1cc(C)c(OCCCC2CCCO2)c(N)c1. The van der Waals surface area contributed by atoms with Crippen molar-refractivity contribution in [3.8, 4) is 5.75 Å². The first-order chi connectivity index (χ1) is 8.66. The minimum absolute atomic E-state index is 0.449. The Bertz CT molecular complexity index is 374. The molecule has 2 N–H and O–H groups in total. The van der Waals surface area contributed by atoms with E-state index < -0.39 is 0 Å². The predicted octanol–water partition coefficient (Wildman–Crippen LogP) is 3.22. The van der Waals surface area contributed by atoms with E-state index in [1.54, 1.807) is 0 Å². The molecule has 1 fully saturated rings. The number of rotatable bonds is 5. The number of aryl methyl sites for hydroxylation is 2. The molecule has 0 radical (unpaired) electrons. The Morgan fingerprint density at radius 2 is 2.22 bits per heavy atom. The summed E-state index contributed by atoms with van der Waals surface area (Å²) in [5, 5.41) is 0. The molecule has 3 nitrogen and oxygen atoms in total. The number of nitrogens with two attached hydrogens (primary N) is 1. The van der Waals surface area contributed by atoms with Crippen molar-refractivity contribution in [3.05, 3.63) is 23.3 Å². The van der Waals surface area contributed by atoms with E-state index in [1.807, 2.05) is 19.9 Å². The number of hydrogen-bond donors (Lipinski definition) is 1. The minimum Gasteiger partial charge on any atom is -0.491 e. The van der Waals surface area contributed by atoms with Gasteiger partial charge in [0, 0.05) is 6.61 Å². The molecule has 1 aliphatic heterocycles. The Balaban J connectivity index is 1.79. The maximum Gasteiger partial charge on any atom is 0.145 e. The van der Waals surface area contributed by atoms with Gasteiger partial charge in [-0.25, -0.2) is 0 Å². The van der Waals surface area contributed by atoms with Gasteiger partial charge in [-0.05, 0) is 56.7 Å². The normalized spacial score (nSPS) is 19.1. The third-order valence-corrected chi connectivity index (χ3v) is 3.39. The average molecular weight is 249 g/mol. The maximum absolute atomic E-state index is 5.98. The van der Waals surface area contributed by atoms with Crippen LogP contribution in [0.4, 0.5) is 5.69 Å². The zero-order valence-corrected chi connectivity index (χ0v) is 11.4. The monoisotopic (exact) mass is 249 g/mol. The zero-order valence-electron chi connectivity index (χ0n) is 11.4. The molecule has 0 amide bonds. The van der Waals surface area contributed by atoms with Crippen molar-refractivity contribution < 1.29 is 9.47 Å². The molecule has 1 atom stereocenters. The molecule has 3 heteroatoms. The van der Waals surface area contributed by atoms with Crippen LogP contribution in [0.5, 0.6) is 5.75 Å². The summed E-state index contributed by atoms with van der Waals surface area (Å²) >= 11 is 0. The fourth-order valence-electron chi connectivity index (χ4n) is 2.54. The number of hydrogen-bond acceptors (Lipinski definition) is 3. The topological polar surface area (TPSA) is 44.5 Å². The van der Waals surface area contributed by atoms with Gasteiger partial charge in [0.15, 0.2) is 0 Å². The summed E-state index contributed by atoms with van der Waals surface area (Å²) in [5.41, 5.74) is 9.01. The zero-order chi connectivity index (χ0) is 13.0. The van der Waals surface area contributed by atoms with E-state index in [2.05, 4.69) is 6.07 Å². The molecule has 0 aromatic heterocycles. The van der Waals surface area contributed by atoms with Gasteiger partial charge in [-0.2, -0.15) is 0 Å². The Kier molecular flexibility index (Phi) is 4.48. The van der Waals surface area contributed by atoms with Crippen molar-refractivity contribution in [2.24, 2.45) is 0 Å². The van der Waals surface area contributed by atoms with E-state index in [0.29, 0.717) is 12.7 Å². The molecule has 18 heavy (non-hydrogen) atoms. The first kappa shape index (κ1) is 13.2. The molecule has 1 heterocycles. The van der Waals surface area contributed by atoms with Crippen LogP contribution in [-0.4, -0.2) is 19.3 Å². The van der Waals surface area contributed by atoms with Gasteiger partial charge in [0.1, 0.15) is 5.75 Å². The standard InChI is InChI=1S/C15H23NO2/c1-11-9-12(2)15(14(16)10-11)18-8-4-6-13-5-3-7-17-13/h9-10,13H,3-8,16H2,1-2H3. The Morgan fingerprint density at radius 1 is 1.39 bits per heavy atom. The smallest absolute Gasteiger partial charge is 0.145 e. The summed E-state index contributed by atoms with van der Waals surface area (Å²) in [6.07, 6.45) is 4.97. The van der Waals surface area contributed by atoms with Crippen LogP contribution in [0.2, 0.25) is 0 Å². The summed E-state index contributed by atoms with van der Waals surface area (Å²) < 4.78 is 11.4. The highest BCUT2D eigenvalue weighted by atomic mass is 16.5. The lowest BCUT2D eigenvalue weighted by atomic mass is 10.1. The van der Waals surface area contributed by atoms with Gasteiger partial charge in [-0.15, -0.1) is 0 Å². The molecule has 2 rings (SSSR count). The van der Waals surface area contributed by atoms with Crippen LogP contribution >= 0.6 is 0 Å². The molecule has 100 valence electrons. The molecule has 0 bridgehead atoms. The molecule has 1 aromatic rings. The highest BCUT2D eigenvalue weighted by molar-refractivity contribution is 5.58. The summed E-state index contributed by atoms with van der Waals surface area (Å²) in [4.78, 5) is 0. The highest BCUT2D eigenvalue weighted by Gasteiger charge is 2.14. The van der Waals surface area contributed by atoms with Gasteiger partial charge >= 0.3 is 0 Å². The van der Waals surface area contributed by atoms with Crippen LogP contribution < -0.4 is 10.5 Å². The fraction of sp³-hybridized carbons (Fsp3) is 0.600. The van der Waals surface area contributed by atoms with Crippen molar-refractivity contribution in [3.63, 3.8) is 0 Å².